The van der Waals surface area contributed by atoms with Crippen LogP contribution in [0.1, 0.15) is 11.1 Å². The van der Waals surface area contributed by atoms with Crippen molar-refractivity contribution >= 4 is 34.6 Å². The molecule has 0 saturated heterocycles. The van der Waals surface area contributed by atoms with Crippen molar-refractivity contribution in [1.29, 1.82) is 5.26 Å². The van der Waals surface area contributed by atoms with E-state index in [4.69, 9.17) is 10.00 Å². The van der Waals surface area contributed by atoms with E-state index in [0.717, 1.165) is 14.7 Å². The molecule has 2 aromatic rings. The third-order valence-corrected chi connectivity index (χ3v) is 4.15. The van der Waals surface area contributed by atoms with Crippen LogP contribution in [0, 0.1) is 20.7 Å². The van der Waals surface area contributed by atoms with Crippen LogP contribution < -0.4 is 4.74 Å². The summed E-state index contributed by atoms with van der Waals surface area (Å²) in [4.78, 5) is 13.3. The number of hydrogen-bond acceptors (Lipinski definition) is 3. The number of hydrogen-bond donors (Lipinski definition) is 0. The summed E-state index contributed by atoms with van der Waals surface area (Å²) in [6, 6.07) is 13.5. The molecule has 0 saturated carbocycles. The fourth-order valence-corrected chi connectivity index (χ4v) is 2.76. The predicted molar refractivity (Wildman–Crippen MR) is 102 cm³/mol. The van der Waals surface area contributed by atoms with Gasteiger partial charge in [0.1, 0.15) is 29.8 Å². The zero-order valence-corrected chi connectivity index (χ0v) is 16.0. The first kappa shape index (κ1) is 18.9. The number of rotatable bonds is 5. The monoisotopic (exact) mass is 450 g/mol. The van der Waals surface area contributed by atoms with Crippen molar-refractivity contribution in [3.05, 3.63) is 68.6 Å². The lowest BCUT2D eigenvalue weighted by Gasteiger charge is -2.10. The molecular formula is C19H16FIN2O2. The van der Waals surface area contributed by atoms with Gasteiger partial charge in [0.25, 0.3) is 5.91 Å². The molecule has 0 radical (unpaired) electrons. The van der Waals surface area contributed by atoms with Gasteiger partial charge >= 0.3 is 0 Å². The third kappa shape index (κ3) is 5.29. The molecule has 0 atom stereocenters. The average molecular weight is 450 g/mol. The van der Waals surface area contributed by atoms with E-state index in [9.17, 15) is 9.18 Å². The number of halogens is 2. The molecule has 25 heavy (non-hydrogen) atoms. The molecular weight excluding hydrogens is 434 g/mol. The first-order chi connectivity index (χ1) is 11.9. The maximum atomic E-state index is 13.2. The Bertz CT molecular complexity index is 857. The highest BCUT2D eigenvalue weighted by Gasteiger charge is 2.11. The second kappa shape index (κ2) is 8.62. The van der Waals surface area contributed by atoms with Crippen LogP contribution in [-0.2, 0) is 11.4 Å². The van der Waals surface area contributed by atoms with Crippen molar-refractivity contribution in [2.45, 2.75) is 6.61 Å². The summed E-state index contributed by atoms with van der Waals surface area (Å²) < 4.78 is 19.7. The Morgan fingerprint density at radius 3 is 2.68 bits per heavy atom. The number of ether oxygens (including phenoxy) is 1. The van der Waals surface area contributed by atoms with Crippen LogP contribution in [0.5, 0.6) is 5.75 Å². The second-order valence-electron chi connectivity index (χ2n) is 5.48. The van der Waals surface area contributed by atoms with Crippen LogP contribution in [-0.4, -0.2) is 24.9 Å². The Morgan fingerprint density at radius 2 is 2.08 bits per heavy atom. The third-order valence-electron chi connectivity index (χ3n) is 3.31. The van der Waals surface area contributed by atoms with Gasteiger partial charge in [0.05, 0.1) is 3.57 Å². The minimum Gasteiger partial charge on any atom is -0.488 e. The molecule has 0 aromatic heterocycles. The lowest BCUT2D eigenvalue weighted by atomic mass is 10.1. The van der Waals surface area contributed by atoms with E-state index in [-0.39, 0.29) is 23.9 Å². The maximum Gasteiger partial charge on any atom is 0.264 e. The first-order valence-corrected chi connectivity index (χ1v) is 8.49. The molecule has 0 heterocycles. The molecule has 0 aliphatic heterocycles. The maximum absolute atomic E-state index is 13.2. The van der Waals surface area contributed by atoms with Crippen LogP contribution >= 0.6 is 22.6 Å². The molecule has 6 heteroatoms. The van der Waals surface area contributed by atoms with Gasteiger partial charge in [0, 0.05) is 14.1 Å². The highest BCUT2D eigenvalue weighted by Crippen LogP contribution is 2.24. The Kier molecular flexibility index (Phi) is 6.53. The standard InChI is InChI=1S/C19H16FIN2O2/c1-23(2)19(24)15(11-22)8-13-6-7-18(17(21)10-13)25-12-14-4-3-5-16(20)9-14/h3-10H,12H2,1-2H3/b15-8-. The number of nitriles is 1. The Hall–Kier alpha value is -2.40. The average Bonchev–Trinajstić information content (AvgIpc) is 2.58. The number of carbonyl (C=O) groups excluding carboxylic acids is 1. The highest BCUT2D eigenvalue weighted by atomic mass is 127. The number of nitrogens with zero attached hydrogens (tertiary/aromatic N) is 2. The van der Waals surface area contributed by atoms with E-state index in [2.05, 4.69) is 22.6 Å². The van der Waals surface area contributed by atoms with E-state index < -0.39 is 0 Å². The van der Waals surface area contributed by atoms with Gasteiger partial charge in [-0.1, -0.05) is 18.2 Å². The molecule has 2 rings (SSSR count). The second-order valence-corrected chi connectivity index (χ2v) is 6.64. The lowest BCUT2D eigenvalue weighted by molar-refractivity contribution is -0.124. The van der Waals surface area contributed by atoms with Gasteiger partial charge < -0.3 is 9.64 Å². The molecule has 0 aliphatic carbocycles. The van der Waals surface area contributed by atoms with Crippen LogP contribution in [0.3, 0.4) is 0 Å². The smallest absolute Gasteiger partial charge is 0.264 e. The molecule has 0 spiro atoms. The largest absolute Gasteiger partial charge is 0.488 e. The van der Waals surface area contributed by atoms with E-state index >= 15 is 0 Å². The molecule has 4 nitrogen and oxygen atoms in total. The first-order valence-electron chi connectivity index (χ1n) is 7.41. The van der Waals surface area contributed by atoms with Gasteiger partial charge in [-0.3, -0.25) is 4.79 Å². The van der Waals surface area contributed by atoms with Crippen LogP contribution in [0.4, 0.5) is 4.39 Å². The van der Waals surface area contributed by atoms with Crippen LogP contribution in [0.15, 0.2) is 48.0 Å². The van der Waals surface area contributed by atoms with Gasteiger partial charge in [0.15, 0.2) is 0 Å². The Balaban J connectivity index is 2.15. The fraction of sp³-hybridized carbons (Fsp3) is 0.158. The molecule has 128 valence electrons. The van der Waals surface area contributed by atoms with E-state index in [0.29, 0.717) is 5.75 Å². The summed E-state index contributed by atoms with van der Waals surface area (Å²) in [5.41, 5.74) is 1.53. The molecule has 0 N–H and O–H groups in total. The summed E-state index contributed by atoms with van der Waals surface area (Å²) in [5.74, 6) is 0.00858. The van der Waals surface area contributed by atoms with Gasteiger partial charge in [-0.15, -0.1) is 0 Å². The molecule has 0 fully saturated rings. The van der Waals surface area contributed by atoms with Crippen molar-refractivity contribution in [3.8, 4) is 11.8 Å². The Labute approximate surface area is 159 Å². The Morgan fingerprint density at radius 1 is 1.32 bits per heavy atom. The summed E-state index contributed by atoms with van der Waals surface area (Å²) in [6.07, 6.45) is 1.54. The van der Waals surface area contributed by atoms with Crippen molar-refractivity contribution in [3.63, 3.8) is 0 Å². The fourth-order valence-electron chi connectivity index (χ4n) is 2.06. The van der Waals surface area contributed by atoms with E-state index in [1.54, 1.807) is 44.4 Å². The van der Waals surface area contributed by atoms with Gasteiger partial charge in [0.2, 0.25) is 0 Å². The summed E-state index contributed by atoms with van der Waals surface area (Å²) in [7, 11) is 3.20. The highest BCUT2D eigenvalue weighted by molar-refractivity contribution is 14.1. The summed E-state index contributed by atoms with van der Waals surface area (Å²) in [5, 5.41) is 9.14. The predicted octanol–water partition coefficient (Wildman–Crippen LogP) is 4.00. The number of likely N-dealkylation sites (N-methyl/N-ethyl adjacent to an activating group) is 1. The van der Waals surface area contributed by atoms with Crippen LogP contribution in [0.25, 0.3) is 6.08 Å². The van der Waals surface area contributed by atoms with Crippen molar-refractivity contribution in [2.24, 2.45) is 0 Å². The quantitative estimate of drug-likeness (QED) is 0.393. The summed E-state index contributed by atoms with van der Waals surface area (Å²) >= 11 is 2.12. The van der Waals surface area contributed by atoms with Crippen molar-refractivity contribution < 1.29 is 13.9 Å². The minimum atomic E-state index is -0.344. The molecule has 0 aliphatic rings. The number of amides is 1. The molecule has 0 unspecified atom stereocenters. The number of benzene rings is 2. The molecule has 2 aromatic carbocycles. The zero-order chi connectivity index (χ0) is 18.4. The van der Waals surface area contributed by atoms with Gasteiger partial charge in [-0.2, -0.15) is 5.26 Å². The summed E-state index contributed by atoms with van der Waals surface area (Å²) in [6.45, 7) is 0.255. The van der Waals surface area contributed by atoms with Crippen LogP contribution in [0.2, 0.25) is 0 Å². The lowest BCUT2D eigenvalue weighted by Crippen LogP contribution is -2.22. The topological polar surface area (TPSA) is 53.3 Å². The normalized spacial score (nSPS) is 10.9. The minimum absolute atomic E-state index is 0.0641. The SMILES string of the molecule is CN(C)C(=O)/C(C#N)=C\c1ccc(OCc2cccc(F)c2)c(I)c1. The number of carbonyl (C=O) groups is 1. The van der Waals surface area contributed by atoms with Gasteiger partial charge in [-0.05, 0) is 64.1 Å². The van der Waals surface area contributed by atoms with Gasteiger partial charge in [-0.25, -0.2) is 4.39 Å². The van der Waals surface area contributed by atoms with E-state index in [1.165, 1.54) is 17.0 Å². The molecule has 1 amide bonds. The molecule has 0 bridgehead atoms. The van der Waals surface area contributed by atoms with E-state index in [1.807, 2.05) is 12.1 Å². The van der Waals surface area contributed by atoms with Crippen molar-refractivity contribution in [1.82, 2.24) is 4.90 Å². The zero-order valence-electron chi connectivity index (χ0n) is 13.8. The van der Waals surface area contributed by atoms with Crippen molar-refractivity contribution in [2.75, 3.05) is 14.1 Å².